The summed E-state index contributed by atoms with van der Waals surface area (Å²) in [6.07, 6.45) is 3.27. The van der Waals surface area contributed by atoms with Crippen LogP contribution in [0.2, 0.25) is 0 Å². The Morgan fingerprint density at radius 1 is 1.50 bits per heavy atom. The quantitative estimate of drug-likeness (QED) is 0.777. The van der Waals surface area contributed by atoms with E-state index in [2.05, 4.69) is 0 Å². The molecule has 76 valence electrons. The summed E-state index contributed by atoms with van der Waals surface area (Å²) in [6, 6.07) is 4.27. The summed E-state index contributed by atoms with van der Waals surface area (Å²) < 4.78 is 13.0. The summed E-state index contributed by atoms with van der Waals surface area (Å²) in [7, 11) is 0. The van der Waals surface area contributed by atoms with Crippen molar-refractivity contribution >= 4 is 0 Å². The monoisotopic (exact) mass is 195 g/mol. The summed E-state index contributed by atoms with van der Waals surface area (Å²) in [4.78, 5) is 0. The van der Waals surface area contributed by atoms with Crippen molar-refractivity contribution in [3.8, 4) is 5.75 Å². The van der Waals surface area contributed by atoms with Crippen LogP contribution in [0.4, 0.5) is 4.39 Å². The van der Waals surface area contributed by atoms with Crippen molar-refractivity contribution in [2.45, 2.75) is 25.3 Å². The van der Waals surface area contributed by atoms with Gasteiger partial charge in [-0.25, -0.2) is 4.39 Å². The van der Waals surface area contributed by atoms with Gasteiger partial charge in [-0.3, -0.25) is 0 Å². The van der Waals surface area contributed by atoms with Crippen LogP contribution in [0.15, 0.2) is 18.2 Å². The molecule has 1 aliphatic rings. The number of benzene rings is 1. The molecule has 0 spiro atoms. The summed E-state index contributed by atoms with van der Waals surface area (Å²) >= 11 is 0. The molecule has 0 heterocycles. The number of nitrogens with two attached hydrogens (primary N) is 1. The molecule has 1 aromatic rings. The van der Waals surface area contributed by atoms with Crippen molar-refractivity contribution in [3.05, 3.63) is 29.6 Å². The zero-order chi connectivity index (χ0) is 10.1. The molecule has 0 unspecified atom stereocenters. The third-order valence-electron chi connectivity index (χ3n) is 2.70. The number of halogens is 1. The van der Waals surface area contributed by atoms with Crippen LogP contribution in [0.3, 0.4) is 0 Å². The summed E-state index contributed by atoms with van der Waals surface area (Å²) in [5, 5.41) is 9.45. The lowest BCUT2D eigenvalue weighted by Gasteiger charge is -2.13. The highest BCUT2D eigenvalue weighted by Gasteiger charge is 2.25. The lowest BCUT2D eigenvalue weighted by Crippen LogP contribution is -2.11. The molecule has 0 saturated heterocycles. The van der Waals surface area contributed by atoms with Gasteiger partial charge in [0.15, 0.2) is 11.6 Å². The normalized spacial score (nSPS) is 18.1. The molecule has 1 aliphatic carbocycles. The molecule has 1 fully saturated rings. The minimum absolute atomic E-state index is 0.238. The van der Waals surface area contributed by atoms with E-state index in [1.54, 1.807) is 12.1 Å². The molecular formula is C11H14FNO. The molecule has 14 heavy (non-hydrogen) atoms. The number of aromatic hydroxyl groups is 1. The maximum Gasteiger partial charge on any atom is 0.165 e. The molecule has 3 heteroatoms. The predicted octanol–water partition coefficient (Wildman–Crippen LogP) is 2.33. The lowest BCUT2D eigenvalue weighted by atomic mass is 10.0. The Labute approximate surface area is 82.5 Å². The Bertz CT molecular complexity index is 336. The molecule has 1 atom stereocenters. The maximum atomic E-state index is 13.0. The molecule has 0 radical (unpaired) electrons. The van der Waals surface area contributed by atoms with Crippen molar-refractivity contribution < 1.29 is 9.50 Å². The van der Waals surface area contributed by atoms with E-state index >= 15 is 0 Å². The van der Waals surface area contributed by atoms with E-state index in [0.717, 1.165) is 6.42 Å². The smallest absolute Gasteiger partial charge is 0.165 e. The zero-order valence-electron chi connectivity index (χ0n) is 7.91. The van der Waals surface area contributed by atoms with Crippen LogP contribution >= 0.6 is 0 Å². The third kappa shape index (κ3) is 1.87. The van der Waals surface area contributed by atoms with E-state index < -0.39 is 5.82 Å². The van der Waals surface area contributed by atoms with Gasteiger partial charge in [0, 0.05) is 11.6 Å². The molecule has 2 nitrogen and oxygen atoms in total. The first-order valence-electron chi connectivity index (χ1n) is 4.91. The third-order valence-corrected chi connectivity index (χ3v) is 2.70. The van der Waals surface area contributed by atoms with E-state index in [0.29, 0.717) is 11.5 Å². The average Bonchev–Trinajstić information content (AvgIpc) is 2.93. The predicted molar refractivity (Wildman–Crippen MR) is 52.3 cm³/mol. The second-order valence-corrected chi connectivity index (χ2v) is 3.96. The molecule has 0 aliphatic heterocycles. The highest BCUT2D eigenvalue weighted by atomic mass is 19.1. The van der Waals surface area contributed by atoms with Gasteiger partial charge < -0.3 is 10.8 Å². The van der Waals surface area contributed by atoms with Gasteiger partial charge in [-0.15, -0.1) is 0 Å². The Morgan fingerprint density at radius 2 is 2.21 bits per heavy atom. The van der Waals surface area contributed by atoms with Crippen molar-refractivity contribution in [1.29, 1.82) is 0 Å². The Hall–Kier alpha value is -1.09. The van der Waals surface area contributed by atoms with Crippen molar-refractivity contribution in [2.24, 2.45) is 11.7 Å². The van der Waals surface area contributed by atoms with Gasteiger partial charge in [0.2, 0.25) is 0 Å². The van der Waals surface area contributed by atoms with Crippen molar-refractivity contribution in [2.75, 3.05) is 0 Å². The molecule has 0 aromatic heterocycles. The summed E-state index contributed by atoms with van der Waals surface area (Å²) in [5.41, 5.74) is 6.40. The van der Waals surface area contributed by atoms with Crippen LogP contribution in [-0.2, 0) is 0 Å². The lowest BCUT2D eigenvalue weighted by molar-refractivity contribution is 0.417. The largest absolute Gasteiger partial charge is 0.505 e. The minimum Gasteiger partial charge on any atom is -0.505 e. The van der Waals surface area contributed by atoms with Gasteiger partial charge in [-0.05, 0) is 18.4 Å². The van der Waals surface area contributed by atoms with Crippen LogP contribution in [0, 0.1) is 11.7 Å². The first kappa shape index (κ1) is 9.46. The van der Waals surface area contributed by atoms with Gasteiger partial charge in [-0.2, -0.15) is 0 Å². The number of phenols is 1. The van der Waals surface area contributed by atoms with Gasteiger partial charge in [0.25, 0.3) is 0 Å². The van der Waals surface area contributed by atoms with Gasteiger partial charge in [0.1, 0.15) is 0 Å². The maximum absolute atomic E-state index is 13.0. The highest BCUT2D eigenvalue weighted by Crippen LogP contribution is 2.38. The van der Waals surface area contributed by atoms with E-state index in [1.165, 1.54) is 18.9 Å². The van der Waals surface area contributed by atoms with E-state index in [9.17, 15) is 9.50 Å². The first-order valence-corrected chi connectivity index (χ1v) is 4.91. The second-order valence-electron chi connectivity index (χ2n) is 3.96. The Kier molecular flexibility index (Phi) is 2.42. The van der Waals surface area contributed by atoms with Gasteiger partial charge in [0.05, 0.1) is 0 Å². The Morgan fingerprint density at radius 3 is 2.86 bits per heavy atom. The standard InChI is InChI=1S/C11H14FNO/c12-9-3-1-2-8(11(9)14)10(13)6-7-4-5-7/h1-3,7,10,14H,4-6,13H2/t10-/m0/s1. The Balaban J connectivity index is 2.16. The van der Waals surface area contributed by atoms with E-state index in [-0.39, 0.29) is 11.8 Å². The summed E-state index contributed by atoms with van der Waals surface area (Å²) in [6.45, 7) is 0. The van der Waals surface area contributed by atoms with Crippen molar-refractivity contribution in [3.63, 3.8) is 0 Å². The molecule has 0 bridgehead atoms. The number of hydrogen-bond donors (Lipinski definition) is 2. The van der Waals surface area contributed by atoms with Crippen LogP contribution < -0.4 is 5.73 Å². The fraction of sp³-hybridized carbons (Fsp3) is 0.455. The number of phenolic OH excluding ortho intramolecular Hbond substituents is 1. The molecular weight excluding hydrogens is 181 g/mol. The highest BCUT2D eigenvalue weighted by molar-refractivity contribution is 5.35. The second kappa shape index (κ2) is 3.58. The van der Waals surface area contributed by atoms with Crippen molar-refractivity contribution in [1.82, 2.24) is 0 Å². The van der Waals surface area contributed by atoms with Gasteiger partial charge >= 0.3 is 0 Å². The fourth-order valence-corrected chi connectivity index (χ4v) is 1.67. The van der Waals surface area contributed by atoms with Crippen LogP contribution in [0.25, 0.3) is 0 Å². The van der Waals surface area contributed by atoms with E-state index in [1.807, 2.05) is 0 Å². The van der Waals surface area contributed by atoms with E-state index in [4.69, 9.17) is 5.73 Å². The molecule has 1 saturated carbocycles. The van der Waals surface area contributed by atoms with Crippen LogP contribution in [0.1, 0.15) is 30.9 Å². The number of hydrogen-bond acceptors (Lipinski definition) is 2. The summed E-state index contributed by atoms with van der Waals surface area (Å²) in [5.74, 6) is -0.206. The van der Waals surface area contributed by atoms with Crippen LogP contribution in [-0.4, -0.2) is 5.11 Å². The average molecular weight is 195 g/mol. The number of para-hydroxylation sites is 1. The SMILES string of the molecule is N[C@@H](CC1CC1)c1cccc(F)c1O. The first-order chi connectivity index (χ1) is 6.68. The van der Waals surface area contributed by atoms with Crippen LogP contribution in [0.5, 0.6) is 5.75 Å². The molecule has 1 aromatic carbocycles. The zero-order valence-corrected chi connectivity index (χ0v) is 7.91. The van der Waals surface area contributed by atoms with Gasteiger partial charge in [-0.1, -0.05) is 25.0 Å². The molecule has 0 amide bonds. The molecule has 3 N–H and O–H groups in total. The molecule has 2 rings (SSSR count). The minimum atomic E-state index is -0.589. The topological polar surface area (TPSA) is 46.2 Å². The fourth-order valence-electron chi connectivity index (χ4n) is 1.67. The number of rotatable bonds is 3.